The van der Waals surface area contributed by atoms with E-state index in [9.17, 15) is 0 Å². The highest BCUT2D eigenvalue weighted by Crippen LogP contribution is 2.41. The van der Waals surface area contributed by atoms with Crippen molar-refractivity contribution < 1.29 is 0 Å². The van der Waals surface area contributed by atoms with Crippen LogP contribution in [0.2, 0.25) is 0 Å². The summed E-state index contributed by atoms with van der Waals surface area (Å²) in [6, 6.07) is 10.9. The van der Waals surface area contributed by atoms with E-state index >= 15 is 0 Å². The minimum absolute atomic E-state index is 0.577. The van der Waals surface area contributed by atoms with Crippen LogP contribution in [0.3, 0.4) is 0 Å². The van der Waals surface area contributed by atoms with Crippen molar-refractivity contribution in [2.24, 2.45) is 5.92 Å². The van der Waals surface area contributed by atoms with Crippen LogP contribution in [-0.2, 0) is 6.42 Å². The molecule has 0 atom stereocenters. The smallest absolute Gasteiger partial charge is 0.116 e. The molecule has 0 radical (unpaired) electrons. The van der Waals surface area contributed by atoms with E-state index in [1.165, 1.54) is 26.4 Å². The molecular formula is C22H20N2S. The zero-order valence-electron chi connectivity index (χ0n) is 14.5. The van der Waals surface area contributed by atoms with Gasteiger partial charge >= 0.3 is 0 Å². The van der Waals surface area contributed by atoms with Crippen LogP contribution in [0.15, 0.2) is 55.9 Å². The van der Waals surface area contributed by atoms with E-state index in [0.29, 0.717) is 5.92 Å². The second kappa shape index (κ2) is 6.08. The Kier molecular flexibility index (Phi) is 3.89. The summed E-state index contributed by atoms with van der Waals surface area (Å²) in [7, 11) is 0. The second-order valence-electron chi connectivity index (χ2n) is 6.78. The Morgan fingerprint density at radius 1 is 1.24 bits per heavy atom. The van der Waals surface area contributed by atoms with Gasteiger partial charge in [0.25, 0.3) is 0 Å². The number of aromatic nitrogens is 2. The Bertz CT molecular complexity index is 1140. The molecule has 0 fully saturated rings. The first-order valence-electron chi connectivity index (χ1n) is 8.49. The fourth-order valence-electron chi connectivity index (χ4n) is 3.44. The van der Waals surface area contributed by atoms with Gasteiger partial charge in [0.05, 0.1) is 15.9 Å². The van der Waals surface area contributed by atoms with Crippen molar-refractivity contribution >= 4 is 48.0 Å². The summed E-state index contributed by atoms with van der Waals surface area (Å²) < 4.78 is 2.37. The van der Waals surface area contributed by atoms with Crippen LogP contribution in [0.1, 0.15) is 25.1 Å². The highest BCUT2D eigenvalue weighted by molar-refractivity contribution is 7.26. The minimum atomic E-state index is 0.577. The Morgan fingerprint density at radius 3 is 2.80 bits per heavy atom. The topological polar surface area (TPSA) is 25.8 Å². The molecular weight excluding hydrogens is 324 g/mol. The SMILES string of the molecule is C=CC(=C)c1ncnc2c1sc1cc3ccccc3c(CC(C)C)c12. The van der Waals surface area contributed by atoms with Crippen LogP contribution < -0.4 is 0 Å². The third-order valence-electron chi connectivity index (χ3n) is 4.54. The van der Waals surface area contributed by atoms with E-state index in [4.69, 9.17) is 0 Å². The lowest BCUT2D eigenvalue weighted by Gasteiger charge is -2.11. The molecule has 0 spiro atoms. The van der Waals surface area contributed by atoms with Crippen molar-refractivity contribution in [1.82, 2.24) is 9.97 Å². The molecule has 0 amide bonds. The first-order valence-corrected chi connectivity index (χ1v) is 9.31. The van der Waals surface area contributed by atoms with E-state index in [2.05, 4.69) is 67.3 Å². The molecule has 2 heterocycles. The highest BCUT2D eigenvalue weighted by atomic mass is 32.1. The molecule has 0 bridgehead atoms. The van der Waals surface area contributed by atoms with Crippen molar-refractivity contribution in [1.29, 1.82) is 0 Å². The van der Waals surface area contributed by atoms with Gasteiger partial charge < -0.3 is 0 Å². The predicted octanol–water partition coefficient (Wildman–Crippen LogP) is 6.40. The number of thiophene rings is 1. The summed E-state index contributed by atoms with van der Waals surface area (Å²) in [5.41, 5.74) is 4.16. The molecule has 124 valence electrons. The number of rotatable bonds is 4. The molecule has 2 nitrogen and oxygen atoms in total. The molecule has 0 saturated heterocycles. The first-order chi connectivity index (χ1) is 12.1. The Hall–Kier alpha value is -2.52. The van der Waals surface area contributed by atoms with Crippen LogP contribution in [0.5, 0.6) is 0 Å². The fourth-order valence-corrected chi connectivity index (χ4v) is 4.70. The van der Waals surface area contributed by atoms with Gasteiger partial charge in [-0.3, -0.25) is 0 Å². The number of benzene rings is 2. The van der Waals surface area contributed by atoms with Gasteiger partial charge in [0.1, 0.15) is 6.33 Å². The van der Waals surface area contributed by atoms with E-state index in [1.54, 1.807) is 23.7 Å². The van der Waals surface area contributed by atoms with Crippen LogP contribution in [-0.4, -0.2) is 9.97 Å². The molecule has 0 N–H and O–H groups in total. The largest absolute Gasteiger partial charge is 0.235 e. The average Bonchev–Trinajstić information content (AvgIpc) is 2.98. The Labute approximate surface area is 151 Å². The standard InChI is InChI=1S/C22H20N2S/c1-5-14(4)20-22-21(24-12-23-20)19-17(10-13(2)3)16-9-7-6-8-15(16)11-18(19)25-22/h5-9,11-13H,1,4,10H2,2-3H3. The van der Waals surface area contributed by atoms with E-state index < -0.39 is 0 Å². The maximum absolute atomic E-state index is 4.65. The Morgan fingerprint density at radius 2 is 2.04 bits per heavy atom. The molecule has 4 aromatic rings. The number of hydrogen-bond donors (Lipinski definition) is 0. The van der Waals surface area contributed by atoms with Crippen LogP contribution in [0, 0.1) is 5.92 Å². The number of fused-ring (bicyclic) bond motifs is 4. The van der Waals surface area contributed by atoms with E-state index in [-0.39, 0.29) is 0 Å². The summed E-state index contributed by atoms with van der Waals surface area (Å²) in [6.45, 7) is 12.5. The van der Waals surface area contributed by atoms with Gasteiger partial charge in [0.15, 0.2) is 0 Å². The second-order valence-corrected chi connectivity index (χ2v) is 7.83. The number of nitrogens with zero attached hydrogens (tertiary/aromatic N) is 2. The molecule has 2 aromatic carbocycles. The lowest BCUT2D eigenvalue weighted by molar-refractivity contribution is 0.653. The summed E-state index contributed by atoms with van der Waals surface area (Å²) in [6.07, 6.45) is 4.44. The maximum Gasteiger partial charge on any atom is 0.116 e. The quantitative estimate of drug-likeness (QED) is 0.401. The van der Waals surface area contributed by atoms with E-state index in [1.807, 2.05) is 0 Å². The maximum atomic E-state index is 4.65. The molecule has 0 aliphatic heterocycles. The van der Waals surface area contributed by atoms with Crippen molar-refractivity contribution in [2.75, 3.05) is 0 Å². The molecule has 0 saturated carbocycles. The molecule has 4 rings (SSSR count). The van der Waals surface area contributed by atoms with E-state index in [0.717, 1.165) is 27.9 Å². The summed E-state index contributed by atoms with van der Waals surface area (Å²) >= 11 is 1.75. The zero-order valence-corrected chi connectivity index (χ0v) is 15.4. The van der Waals surface area contributed by atoms with Crippen LogP contribution in [0.4, 0.5) is 0 Å². The lowest BCUT2D eigenvalue weighted by atomic mass is 9.93. The van der Waals surface area contributed by atoms with Crippen molar-refractivity contribution in [3.8, 4) is 0 Å². The summed E-state index contributed by atoms with van der Waals surface area (Å²) in [4.78, 5) is 9.11. The molecule has 0 aliphatic rings. The molecule has 25 heavy (non-hydrogen) atoms. The van der Waals surface area contributed by atoms with Gasteiger partial charge in [-0.2, -0.15) is 0 Å². The average molecular weight is 344 g/mol. The first kappa shape index (κ1) is 16.0. The van der Waals surface area contributed by atoms with Crippen LogP contribution >= 0.6 is 11.3 Å². The predicted molar refractivity (Wildman–Crippen MR) is 110 cm³/mol. The zero-order chi connectivity index (χ0) is 17.6. The normalized spacial score (nSPS) is 11.6. The number of allylic oxidation sites excluding steroid dienone is 2. The van der Waals surface area contributed by atoms with Gasteiger partial charge in [0.2, 0.25) is 0 Å². The summed E-state index contributed by atoms with van der Waals surface area (Å²) in [5, 5.41) is 3.88. The molecule has 0 aliphatic carbocycles. The van der Waals surface area contributed by atoms with Gasteiger partial charge in [-0.25, -0.2) is 9.97 Å². The molecule has 2 aromatic heterocycles. The lowest BCUT2D eigenvalue weighted by Crippen LogP contribution is -1.97. The van der Waals surface area contributed by atoms with Crippen LogP contribution in [0.25, 0.3) is 36.6 Å². The monoisotopic (exact) mass is 344 g/mol. The van der Waals surface area contributed by atoms with Gasteiger partial charge in [-0.1, -0.05) is 57.3 Å². The Balaban J connectivity index is 2.19. The third-order valence-corrected chi connectivity index (χ3v) is 5.67. The van der Waals surface area contributed by atoms with Gasteiger partial charge in [-0.15, -0.1) is 11.3 Å². The minimum Gasteiger partial charge on any atom is -0.235 e. The fraction of sp³-hybridized carbons (Fsp3) is 0.182. The summed E-state index contributed by atoms with van der Waals surface area (Å²) in [5.74, 6) is 0.577. The third kappa shape index (κ3) is 2.56. The molecule has 0 unspecified atom stereocenters. The number of hydrogen-bond acceptors (Lipinski definition) is 3. The van der Waals surface area contributed by atoms with Crippen molar-refractivity contribution in [3.63, 3.8) is 0 Å². The molecule has 3 heteroatoms. The van der Waals surface area contributed by atoms with Crippen molar-refractivity contribution in [3.05, 3.63) is 67.2 Å². The highest BCUT2D eigenvalue weighted by Gasteiger charge is 2.18. The van der Waals surface area contributed by atoms with Gasteiger partial charge in [-0.05, 0) is 40.3 Å². The van der Waals surface area contributed by atoms with Crippen molar-refractivity contribution in [2.45, 2.75) is 20.3 Å². The van der Waals surface area contributed by atoms with Gasteiger partial charge in [0, 0.05) is 10.1 Å².